The molecule has 2 aromatic rings. The predicted molar refractivity (Wildman–Crippen MR) is 81.5 cm³/mol. The van der Waals surface area contributed by atoms with Crippen LogP contribution in [0.1, 0.15) is 12.8 Å². The molecule has 1 aromatic heterocycles. The topological polar surface area (TPSA) is 88.4 Å². The summed E-state index contributed by atoms with van der Waals surface area (Å²) in [4.78, 5) is 3.24. The zero-order valence-corrected chi connectivity index (χ0v) is 12.7. The average Bonchev–Trinajstić information content (AvgIpc) is 3.07. The van der Waals surface area contributed by atoms with E-state index >= 15 is 0 Å². The van der Waals surface area contributed by atoms with Crippen molar-refractivity contribution >= 4 is 26.6 Å². The number of anilines is 1. The molecule has 114 valence electrons. The van der Waals surface area contributed by atoms with E-state index in [1.807, 2.05) is 0 Å². The lowest BCUT2D eigenvalue weighted by Crippen LogP contribution is -2.34. The number of sulfonamides is 1. The Kier molecular flexibility index (Phi) is 3.64. The van der Waals surface area contributed by atoms with E-state index in [1.165, 1.54) is 10.5 Å². The summed E-state index contributed by atoms with van der Waals surface area (Å²) in [5.74, 6) is 0. The van der Waals surface area contributed by atoms with Crippen LogP contribution in [0.15, 0.2) is 29.3 Å². The van der Waals surface area contributed by atoms with E-state index in [9.17, 15) is 8.42 Å². The van der Waals surface area contributed by atoms with Crippen molar-refractivity contribution in [1.82, 2.24) is 9.29 Å². The fourth-order valence-electron chi connectivity index (χ4n) is 2.67. The molecule has 1 aliphatic rings. The number of hydrogen-bond acceptors (Lipinski definition) is 4. The lowest BCUT2D eigenvalue weighted by Gasteiger charge is -2.20. The number of aromatic amines is 1. The molecule has 21 heavy (non-hydrogen) atoms. The highest BCUT2D eigenvalue weighted by molar-refractivity contribution is 7.89. The minimum absolute atomic E-state index is 0.00868. The Morgan fingerprint density at radius 3 is 3.00 bits per heavy atom. The molecule has 0 aliphatic carbocycles. The lowest BCUT2D eigenvalue weighted by molar-refractivity contribution is 0.0979. The summed E-state index contributed by atoms with van der Waals surface area (Å²) in [7, 11) is -1.95. The first kappa shape index (κ1) is 14.4. The van der Waals surface area contributed by atoms with Gasteiger partial charge in [-0.15, -0.1) is 0 Å². The Balaban J connectivity index is 1.92. The van der Waals surface area contributed by atoms with Crippen LogP contribution in [0.5, 0.6) is 0 Å². The Bertz CT molecular complexity index is 748. The molecule has 1 unspecified atom stereocenters. The van der Waals surface area contributed by atoms with Gasteiger partial charge in [0.25, 0.3) is 0 Å². The fraction of sp³-hybridized carbons (Fsp3) is 0.429. The molecule has 0 spiro atoms. The van der Waals surface area contributed by atoms with E-state index in [2.05, 4.69) is 4.98 Å². The molecule has 3 N–H and O–H groups in total. The summed E-state index contributed by atoms with van der Waals surface area (Å²) >= 11 is 0. The quantitative estimate of drug-likeness (QED) is 0.839. The van der Waals surface area contributed by atoms with Crippen molar-refractivity contribution in [2.75, 3.05) is 25.9 Å². The van der Waals surface area contributed by atoms with Crippen molar-refractivity contribution in [3.63, 3.8) is 0 Å². The van der Waals surface area contributed by atoms with Gasteiger partial charge < -0.3 is 15.5 Å². The van der Waals surface area contributed by atoms with Crippen LogP contribution < -0.4 is 5.73 Å². The van der Waals surface area contributed by atoms with Crippen LogP contribution in [0.25, 0.3) is 10.9 Å². The summed E-state index contributed by atoms with van der Waals surface area (Å²) in [5.41, 5.74) is 7.03. The Morgan fingerprint density at radius 1 is 1.48 bits per heavy atom. The van der Waals surface area contributed by atoms with Crippen molar-refractivity contribution in [3.8, 4) is 0 Å². The van der Waals surface area contributed by atoms with Gasteiger partial charge in [0, 0.05) is 43.0 Å². The summed E-state index contributed by atoms with van der Waals surface area (Å²) in [6.45, 7) is 1.09. The van der Waals surface area contributed by atoms with Crippen molar-refractivity contribution in [3.05, 3.63) is 24.4 Å². The van der Waals surface area contributed by atoms with Crippen LogP contribution in [0.2, 0.25) is 0 Å². The van der Waals surface area contributed by atoms with Gasteiger partial charge >= 0.3 is 0 Å². The third-order valence-electron chi connectivity index (χ3n) is 3.84. The number of rotatable bonds is 4. The first-order valence-electron chi connectivity index (χ1n) is 6.93. The molecule has 3 rings (SSSR count). The van der Waals surface area contributed by atoms with E-state index < -0.39 is 10.0 Å². The van der Waals surface area contributed by atoms with Gasteiger partial charge in [0.15, 0.2) is 0 Å². The average molecular weight is 309 g/mol. The molecule has 1 fully saturated rings. The first-order chi connectivity index (χ1) is 9.98. The van der Waals surface area contributed by atoms with Gasteiger partial charge in [-0.1, -0.05) is 0 Å². The second-order valence-electron chi connectivity index (χ2n) is 5.38. The van der Waals surface area contributed by atoms with Crippen molar-refractivity contribution < 1.29 is 13.2 Å². The highest BCUT2D eigenvalue weighted by Gasteiger charge is 2.28. The second-order valence-corrected chi connectivity index (χ2v) is 7.39. The van der Waals surface area contributed by atoms with Crippen LogP contribution in [-0.4, -0.2) is 44.0 Å². The third-order valence-corrected chi connectivity index (χ3v) is 5.70. The fourth-order valence-corrected chi connectivity index (χ4v) is 4.03. The summed E-state index contributed by atoms with van der Waals surface area (Å²) in [5, 5.41) is 0.656. The van der Waals surface area contributed by atoms with Crippen LogP contribution in [0.4, 0.5) is 5.69 Å². The number of nitrogens with one attached hydrogen (secondary N) is 1. The molecule has 6 nitrogen and oxygen atoms in total. The number of nitrogens with two attached hydrogens (primary N) is 1. The summed E-state index contributed by atoms with van der Waals surface area (Å²) in [6.07, 6.45) is 3.41. The van der Waals surface area contributed by atoms with E-state index in [1.54, 1.807) is 25.2 Å². The third kappa shape index (κ3) is 2.64. The number of hydrogen-bond donors (Lipinski definition) is 2. The molecule has 1 saturated heterocycles. The monoisotopic (exact) mass is 309 g/mol. The van der Waals surface area contributed by atoms with Gasteiger partial charge in [-0.25, -0.2) is 8.42 Å². The number of aromatic nitrogens is 1. The zero-order valence-electron chi connectivity index (χ0n) is 11.9. The minimum Gasteiger partial charge on any atom is -0.399 e. The molecular formula is C14H19N3O3S. The van der Waals surface area contributed by atoms with Gasteiger partial charge in [-0.2, -0.15) is 4.31 Å². The highest BCUT2D eigenvalue weighted by atomic mass is 32.2. The summed E-state index contributed by atoms with van der Waals surface area (Å²) < 4.78 is 32.3. The number of nitrogens with zero attached hydrogens (tertiary/aromatic N) is 1. The van der Waals surface area contributed by atoms with Crippen molar-refractivity contribution in [2.45, 2.75) is 23.8 Å². The number of ether oxygens (including phenoxy) is 1. The molecule has 0 radical (unpaired) electrons. The van der Waals surface area contributed by atoms with Gasteiger partial charge in [-0.05, 0) is 31.0 Å². The SMILES string of the molecule is CN(CC1CCCO1)S(=O)(=O)c1c[nH]c2cc(N)ccc12. The largest absolute Gasteiger partial charge is 0.399 e. The van der Waals surface area contributed by atoms with Crippen LogP contribution >= 0.6 is 0 Å². The molecule has 1 atom stereocenters. The van der Waals surface area contributed by atoms with E-state index in [-0.39, 0.29) is 11.0 Å². The first-order valence-corrected chi connectivity index (χ1v) is 8.37. The second kappa shape index (κ2) is 5.32. The molecule has 0 amide bonds. The normalized spacial score (nSPS) is 19.6. The predicted octanol–water partition coefficient (Wildman–Crippen LogP) is 1.55. The Hall–Kier alpha value is -1.57. The lowest BCUT2D eigenvalue weighted by atomic mass is 10.2. The van der Waals surface area contributed by atoms with Gasteiger partial charge in [0.05, 0.1) is 6.10 Å². The van der Waals surface area contributed by atoms with E-state index in [0.717, 1.165) is 18.4 Å². The van der Waals surface area contributed by atoms with Crippen LogP contribution in [0.3, 0.4) is 0 Å². The maximum atomic E-state index is 12.7. The maximum absolute atomic E-state index is 12.7. The maximum Gasteiger partial charge on any atom is 0.245 e. The van der Waals surface area contributed by atoms with Gasteiger partial charge in [-0.3, -0.25) is 0 Å². The molecule has 2 heterocycles. The number of H-pyrrole nitrogens is 1. The molecule has 0 saturated carbocycles. The molecule has 7 heteroatoms. The van der Waals surface area contributed by atoms with Gasteiger partial charge in [0.2, 0.25) is 10.0 Å². The molecule has 0 bridgehead atoms. The molecule has 1 aromatic carbocycles. The number of benzene rings is 1. The smallest absolute Gasteiger partial charge is 0.245 e. The van der Waals surface area contributed by atoms with E-state index in [4.69, 9.17) is 10.5 Å². The zero-order chi connectivity index (χ0) is 15.0. The van der Waals surface area contributed by atoms with Crippen LogP contribution in [-0.2, 0) is 14.8 Å². The van der Waals surface area contributed by atoms with E-state index in [0.29, 0.717) is 24.2 Å². The number of likely N-dealkylation sites (N-methyl/N-ethyl adjacent to an activating group) is 1. The van der Waals surface area contributed by atoms with Gasteiger partial charge in [0.1, 0.15) is 4.90 Å². The molecular weight excluding hydrogens is 290 g/mol. The molecule has 1 aliphatic heterocycles. The number of fused-ring (bicyclic) bond motifs is 1. The van der Waals surface area contributed by atoms with Crippen molar-refractivity contribution in [1.29, 1.82) is 0 Å². The standard InChI is InChI=1S/C14H19N3O3S/c1-17(9-11-3-2-6-20-11)21(18,19)14-8-16-13-7-10(15)4-5-12(13)14/h4-5,7-8,11,16H,2-3,6,9,15H2,1H3. The van der Waals surface area contributed by atoms with Crippen LogP contribution in [0, 0.1) is 0 Å². The van der Waals surface area contributed by atoms with Crippen molar-refractivity contribution in [2.24, 2.45) is 0 Å². The summed E-state index contributed by atoms with van der Waals surface area (Å²) in [6, 6.07) is 5.16. The Labute approximate surface area is 123 Å². The number of nitrogen functional groups attached to an aromatic ring is 1. The minimum atomic E-state index is -3.54. The highest BCUT2D eigenvalue weighted by Crippen LogP contribution is 2.27. The Morgan fingerprint density at radius 2 is 2.29 bits per heavy atom.